The van der Waals surface area contributed by atoms with Crippen molar-refractivity contribution in [2.24, 2.45) is 5.92 Å². The molecule has 0 aromatic heterocycles. The average Bonchev–Trinajstić information content (AvgIpc) is 3.02. The SMILES string of the molecule is Cc1c(O)cccc1C(CC(=O)O)C1CC1. The monoisotopic (exact) mass is 220 g/mol. The summed E-state index contributed by atoms with van der Waals surface area (Å²) in [5, 5.41) is 18.6. The number of aromatic hydroxyl groups is 1. The first-order valence-electron chi connectivity index (χ1n) is 5.60. The van der Waals surface area contributed by atoms with Gasteiger partial charge in [-0.05, 0) is 48.8 Å². The van der Waals surface area contributed by atoms with Gasteiger partial charge in [-0.1, -0.05) is 12.1 Å². The molecule has 2 rings (SSSR count). The Morgan fingerprint density at radius 1 is 1.50 bits per heavy atom. The van der Waals surface area contributed by atoms with Crippen LogP contribution in [0.2, 0.25) is 0 Å². The van der Waals surface area contributed by atoms with Crippen LogP contribution in [0.25, 0.3) is 0 Å². The molecular weight excluding hydrogens is 204 g/mol. The van der Waals surface area contributed by atoms with Crippen molar-refractivity contribution in [1.82, 2.24) is 0 Å². The standard InChI is InChI=1S/C13H16O3/c1-8-10(3-2-4-12(8)14)11(7-13(15)16)9-5-6-9/h2-4,9,11,14H,5-7H2,1H3,(H,15,16). The lowest BCUT2D eigenvalue weighted by Gasteiger charge is -2.17. The number of benzene rings is 1. The number of carbonyl (C=O) groups is 1. The highest BCUT2D eigenvalue weighted by molar-refractivity contribution is 5.68. The number of carboxylic acids is 1. The summed E-state index contributed by atoms with van der Waals surface area (Å²) >= 11 is 0. The van der Waals surface area contributed by atoms with Gasteiger partial charge in [0.15, 0.2) is 0 Å². The predicted octanol–water partition coefficient (Wildman–Crippen LogP) is 2.67. The van der Waals surface area contributed by atoms with E-state index < -0.39 is 5.97 Å². The van der Waals surface area contributed by atoms with Crippen LogP contribution >= 0.6 is 0 Å². The zero-order valence-corrected chi connectivity index (χ0v) is 9.31. The Bertz CT molecular complexity index is 408. The van der Waals surface area contributed by atoms with E-state index in [0.717, 1.165) is 24.0 Å². The maximum absolute atomic E-state index is 10.8. The first-order valence-corrected chi connectivity index (χ1v) is 5.60. The van der Waals surface area contributed by atoms with Crippen LogP contribution < -0.4 is 0 Å². The highest BCUT2D eigenvalue weighted by Gasteiger charge is 2.34. The van der Waals surface area contributed by atoms with Gasteiger partial charge in [-0.25, -0.2) is 0 Å². The fourth-order valence-electron chi connectivity index (χ4n) is 2.26. The second-order valence-electron chi connectivity index (χ2n) is 4.53. The Balaban J connectivity index is 2.30. The average molecular weight is 220 g/mol. The van der Waals surface area contributed by atoms with Crippen molar-refractivity contribution < 1.29 is 15.0 Å². The van der Waals surface area contributed by atoms with Crippen molar-refractivity contribution in [3.8, 4) is 5.75 Å². The van der Waals surface area contributed by atoms with Gasteiger partial charge in [0.25, 0.3) is 0 Å². The van der Waals surface area contributed by atoms with Gasteiger partial charge in [0.1, 0.15) is 5.75 Å². The van der Waals surface area contributed by atoms with Crippen LogP contribution in [-0.4, -0.2) is 16.2 Å². The molecule has 0 radical (unpaired) electrons. The molecule has 86 valence electrons. The zero-order valence-electron chi connectivity index (χ0n) is 9.31. The first-order chi connectivity index (χ1) is 7.59. The molecule has 1 aliphatic carbocycles. The van der Waals surface area contributed by atoms with Crippen molar-refractivity contribution >= 4 is 5.97 Å². The Morgan fingerprint density at radius 3 is 2.75 bits per heavy atom. The van der Waals surface area contributed by atoms with E-state index in [0.29, 0.717) is 5.92 Å². The van der Waals surface area contributed by atoms with Gasteiger partial charge in [0, 0.05) is 0 Å². The number of aliphatic carboxylic acids is 1. The topological polar surface area (TPSA) is 57.5 Å². The first kappa shape index (κ1) is 11.0. The van der Waals surface area contributed by atoms with Crippen molar-refractivity contribution in [3.05, 3.63) is 29.3 Å². The van der Waals surface area contributed by atoms with E-state index >= 15 is 0 Å². The lowest BCUT2D eigenvalue weighted by molar-refractivity contribution is -0.137. The zero-order chi connectivity index (χ0) is 11.7. The molecule has 1 atom stereocenters. The van der Waals surface area contributed by atoms with Crippen LogP contribution in [0, 0.1) is 12.8 Å². The minimum atomic E-state index is -0.764. The van der Waals surface area contributed by atoms with E-state index in [-0.39, 0.29) is 18.1 Å². The quantitative estimate of drug-likeness (QED) is 0.820. The minimum Gasteiger partial charge on any atom is -0.508 e. The fraction of sp³-hybridized carbons (Fsp3) is 0.462. The maximum Gasteiger partial charge on any atom is 0.303 e. The molecular formula is C13H16O3. The Kier molecular flexibility index (Phi) is 2.86. The summed E-state index contributed by atoms with van der Waals surface area (Å²) in [6.45, 7) is 1.85. The van der Waals surface area contributed by atoms with E-state index in [1.165, 1.54) is 0 Å². The third kappa shape index (κ3) is 2.18. The molecule has 0 saturated heterocycles. The third-order valence-electron chi connectivity index (χ3n) is 3.33. The second-order valence-corrected chi connectivity index (χ2v) is 4.53. The highest BCUT2D eigenvalue weighted by atomic mass is 16.4. The summed E-state index contributed by atoms with van der Waals surface area (Å²) in [6.07, 6.45) is 2.37. The second kappa shape index (κ2) is 4.16. The number of hydrogen-bond acceptors (Lipinski definition) is 2. The van der Waals surface area contributed by atoms with Gasteiger partial charge < -0.3 is 10.2 Å². The van der Waals surface area contributed by atoms with Crippen LogP contribution in [0.1, 0.15) is 36.3 Å². The van der Waals surface area contributed by atoms with Gasteiger partial charge in [-0.2, -0.15) is 0 Å². The molecule has 0 spiro atoms. The van der Waals surface area contributed by atoms with Crippen LogP contribution in [-0.2, 0) is 4.79 Å². The molecule has 0 amide bonds. The van der Waals surface area contributed by atoms with Gasteiger partial charge in [0.05, 0.1) is 6.42 Å². The number of hydrogen-bond donors (Lipinski definition) is 2. The summed E-state index contributed by atoms with van der Waals surface area (Å²) in [7, 11) is 0. The smallest absolute Gasteiger partial charge is 0.303 e. The highest BCUT2D eigenvalue weighted by Crippen LogP contribution is 2.46. The summed E-state index contributed by atoms with van der Waals surface area (Å²) in [6, 6.07) is 5.36. The summed E-state index contributed by atoms with van der Waals surface area (Å²) in [4.78, 5) is 10.8. The number of carboxylic acid groups (broad SMARTS) is 1. The molecule has 1 saturated carbocycles. The molecule has 3 nitrogen and oxygen atoms in total. The summed E-state index contributed by atoms with van der Waals surface area (Å²) in [5.74, 6) is 0.0365. The van der Waals surface area contributed by atoms with Gasteiger partial charge in [0.2, 0.25) is 0 Å². The van der Waals surface area contributed by atoms with Gasteiger partial charge in [-0.3, -0.25) is 4.79 Å². The molecule has 2 N–H and O–H groups in total. The number of phenols is 1. The predicted molar refractivity (Wildman–Crippen MR) is 60.6 cm³/mol. The molecule has 1 aromatic rings. The van der Waals surface area contributed by atoms with E-state index in [1.54, 1.807) is 12.1 Å². The van der Waals surface area contributed by atoms with Crippen LogP contribution in [0.4, 0.5) is 0 Å². The number of rotatable bonds is 4. The summed E-state index contributed by atoms with van der Waals surface area (Å²) < 4.78 is 0. The lowest BCUT2D eigenvalue weighted by Crippen LogP contribution is -2.09. The number of phenolic OH excluding ortho intramolecular Hbond substituents is 1. The Morgan fingerprint density at radius 2 is 2.19 bits per heavy atom. The normalized spacial score (nSPS) is 17.1. The Hall–Kier alpha value is -1.51. The molecule has 1 unspecified atom stereocenters. The van der Waals surface area contributed by atoms with Crippen LogP contribution in [0.15, 0.2) is 18.2 Å². The molecule has 1 fully saturated rings. The Labute approximate surface area is 94.7 Å². The van der Waals surface area contributed by atoms with Crippen LogP contribution in [0.3, 0.4) is 0 Å². The van der Waals surface area contributed by atoms with Gasteiger partial charge in [-0.15, -0.1) is 0 Å². The molecule has 0 aliphatic heterocycles. The van der Waals surface area contributed by atoms with Crippen LogP contribution in [0.5, 0.6) is 5.75 Å². The maximum atomic E-state index is 10.8. The lowest BCUT2D eigenvalue weighted by atomic mass is 9.88. The minimum absolute atomic E-state index is 0.0598. The fourth-order valence-corrected chi connectivity index (χ4v) is 2.26. The van der Waals surface area contributed by atoms with Crippen molar-refractivity contribution in [2.75, 3.05) is 0 Å². The largest absolute Gasteiger partial charge is 0.508 e. The van der Waals surface area contributed by atoms with Crippen molar-refractivity contribution in [2.45, 2.75) is 32.1 Å². The van der Waals surface area contributed by atoms with Crippen molar-refractivity contribution in [3.63, 3.8) is 0 Å². The molecule has 1 aromatic carbocycles. The van der Waals surface area contributed by atoms with E-state index in [4.69, 9.17) is 5.11 Å². The van der Waals surface area contributed by atoms with E-state index in [9.17, 15) is 9.90 Å². The van der Waals surface area contributed by atoms with Crippen molar-refractivity contribution in [1.29, 1.82) is 0 Å². The molecule has 3 heteroatoms. The molecule has 0 heterocycles. The van der Waals surface area contributed by atoms with E-state index in [1.807, 2.05) is 13.0 Å². The molecule has 1 aliphatic rings. The molecule has 0 bridgehead atoms. The summed E-state index contributed by atoms with van der Waals surface area (Å²) in [5.41, 5.74) is 1.81. The molecule has 16 heavy (non-hydrogen) atoms. The third-order valence-corrected chi connectivity index (χ3v) is 3.33. The van der Waals surface area contributed by atoms with Gasteiger partial charge >= 0.3 is 5.97 Å². The van der Waals surface area contributed by atoms with E-state index in [2.05, 4.69) is 0 Å².